The summed E-state index contributed by atoms with van der Waals surface area (Å²) in [6.07, 6.45) is 9.44. The van der Waals surface area contributed by atoms with Crippen LogP contribution in [-0.2, 0) is 0 Å². The molecule has 0 N–H and O–H groups in total. The van der Waals surface area contributed by atoms with Gasteiger partial charge in [0.15, 0.2) is 5.15 Å². The monoisotopic (exact) mass is 212 g/mol. The summed E-state index contributed by atoms with van der Waals surface area (Å²) < 4.78 is 5.68. The highest BCUT2D eigenvalue weighted by atomic mass is 35.5. The minimum atomic E-state index is 0.276. The van der Waals surface area contributed by atoms with Crippen LogP contribution in [0, 0.1) is 0 Å². The molecule has 1 aromatic heterocycles. The van der Waals surface area contributed by atoms with Crippen molar-refractivity contribution in [3.63, 3.8) is 0 Å². The number of hydrogen-bond acceptors (Lipinski definition) is 3. The van der Waals surface area contributed by atoms with Gasteiger partial charge in [-0.3, -0.25) is 0 Å². The Hall–Kier alpha value is -0.830. The van der Waals surface area contributed by atoms with Crippen molar-refractivity contribution in [1.82, 2.24) is 9.97 Å². The molecular weight excluding hydrogens is 200 g/mol. The Kier molecular flexibility index (Phi) is 3.19. The molecular formula is C10H13ClN2O. The normalized spacial score (nSPS) is 18.1. The molecule has 1 aliphatic carbocycles. The number of rotatable bonds is 2. The second kappa shape index (κ2) is 4.60. The van der Waals surface area contributed by atoms with Gasteiger partial charge in [-0.15, -0.1) is 0 Å². The first-order valence-corrected chi connectivity index (χ1v) is 5.37. The zero-order valence-corrected chi connectivity index (χ0v) is 8.70. The van der Waals surface area contributed by atoms with E-state index in [0.717, 1.165) is 12.8 Å². The van der Waals surface area contributed by atoms with Crippen LogP contribution in [0.2, 0.25) is 5.15 Å². The van der Waals surface area contributed by atoms with Gasteiger partial charge in [-0.2, -0.15) is 0 Å². The quantitative estimate of drug-likeness (QED) is 0.756. The van der Waals surface area contributed by atoms with Gasteiger partial charge < -0.3 is 4.74 Å². The highest BCUT2D eigenvalue weighted by Crippen LogP contribution is 2.25. The molecule has 1 aliphatic rings. The lowest BCUT2D eigenvalue weighted by molar-refractivity contribution is 0.148. The first kappa shape index (κ1) is 9.71. The third-order valence-corrected chi connectivity index (χ3v) is 2.71. The molecule has 1 saturated carbocycles. The fraction of sp³-hybridized carbons (Fsp3) is 0.600. The molecule has 76 valence electrons. The van der Waals surface area contributed by atoms with E-state index in [-0.39, 0.29) is 6.10 Å². The fourth-order valence-electron chi connectivity index (χ4n) is 1.73. The van der Waals surface area contributed by atoms with Gasteiger partial charge in [-0.25, -0.2) is 9.97 Å². The Morgan fingerprint density at radius 2 is 1.86 bits per heavy atom. The molecule has 1 aromatic rings. The zero-order valence-electron chi connectivity index (χ0n) is 7.95. The van der Waals surface area contributed by atoms with Crippen LogP contribution in [0.15, 0.2) is 12.4 Å². The molecule has 0 unspecified atom stereocenters. The maximum Gasteiger partial charge on any atom is 0.252 e. The van der Waals surface area contributed by atoms with E-state index in [4.69, 9.17) is 16.3 Å². The Labute approximate surface area is 88.5 Å². The predicted molar refractivity (Wildman–Crippen MR) is 54.5 cm³/mol. The van der Waals surface area contributed by atoms with Gasteiger partial charge in [0.1, 0.15) is 6.10 Å². The molecule has 0 bridgehead atoms. The average Bonchev–Trinajstić information content (AvgIpc) is 2.23. The molecule has 1 fully saturated rings. The third-order valence-electron chi connectivity index (χ3n) is 2.45. The summed E-state index contributed by atoms with van der Waals surface area (Å²) in [5.41, 5.74) is 0. The van der Waals surface area contributed by atoms with Crippen LogP contribution in [-0.4, -0.2) is 16.1 Å². The van der Waals surface area contributed by atoms with Crippen molar-refractivity contribution in [3.05, 3.63) is 17.5 Å². The minimum absolute atomic E-state index is 0.276. The van der Waals surface area contributed by atoms with E-state index in [9.17, 15) is 0 Å². The van der Waals surface area contributed by atoms with Crippen LogP contribution in [0.25, 0.3) is 0 Å². The second-order valence-electron chi connectivity index (χ2n) is 3.53. The lowest BCUT2D eigenvalue weighted by Gasteiger charge is -2.22. The van der Waals surface area contributed by atoms with Gasteiger partial charge in [0.25, 0.3) is 5.88 Å². The highest BCUT2D eigenvalue weighted by Gasteiger charge is 2.16. The summed E-state index contributed by atoms with van der Waals surface area (Å²) in [7, 11) is 0. The van der Waals surface area contributed by atoms with Crippen molar-refractivity contribution < 1.29 is 4.74 Å². The van der Waals surface area contributed by atoms with Gasteiger partial charge in [-0.05, 0) is 25.7 Å². The molecule has 3 nitrogen and oxygen atoms in total. The number of halogens is 1. The Morgan fingerprint density at radius 3 is 2.57 bits per heavy atom. The molecule has 0 spiro atoms. The van der Waals surface area contributed by atoms with Gasteiger partial charge in [-0.1, -0.05) is 18.0 Å². The van der Waals surface area contributed by atoms with Crippen molar-refractivity contribution in [1.29, 1.82) is 0 Å². The molecule has 0 amide bonds. The van der Waals surface area contributed by atoms with Crippen molar-refractivity contribution in [2.45, 2.75) is 38.2 Å². The Morgan fingerprint density at radius 1 is 1.14 bits per heavy atom. The summed E-state index contributed by atoms with van der Waals surface area (Å²) in [6.45, 7) is 0. The van der Waals surface area contributed by atoms with Gasteiger partial charge in [0, 0.05) is 12.4 Å². The summed E-state index contributed by atoms with van der Waals surface area (Å²) in [6, 6.07) is 0. The van der Waals surface area contributed by atoms with Gasteiger partial charge in [0.05, 0.1) is 0 Å². The summed E-state index contributed by atoms with van der Waals surface area (Å²) in [4.78, 5) is 7.98. The van der Waals surface area contributed by atoms with Gasteiger partial charge >= 0.3 is 0 Å². The van der Waals surface area contributed by atoms with Crippen molar-refractivity contribution in [3.8, 4) is 5.88 Å². The lowest BCUT2D eigenvalue weighted by atomic mass is 9.98. The van der Waals surface area contributed by atoms with Crippen LogP contribution in [0.1, 0.15) is 32.1 Å². The summed E-state index contributed by atoms with van der Waals surface area (Å²) in [5, 5.41) is 0.359. The zero-order chi connectivity index (χ0) is 9.80. The predicted octanol–water partition coefficient (Wildman–Crippen LogP) is 2.84. The topological polar surface area (TPSA) is 35.0 Å². The van der Waals surface area contributed by atoms with E-state index >= 15 is 0 Å². The van der Waals surface area contributed by atoms with E-state index in [2.05, 4.69) is 9.97 Å². The molecule has 0 aliphatic heterocycles. The summed E-state index contributed by atoms with van der Waals surface area (Å²) >= 11 is 5.84. The van der Waals surface area contributed by atoms with Crippen LogP contribution in [0.4, 0.5) is 0 Å². The SMILES string of the molecule is Clc1nccnc1OC1CCCCC1. The lowest BCUT2D eigenvalue weighted by Crippen LogP contribution is -2.20. The van der Waals surface area contributed by atoms with Gasteiger partial charge in [0.2, 0.25) is 0 Å². The maximum absolute atomic E-state index is 5.84. The fourth-order valence-corrected chi connectivity index (χ4v) is 1.88. The molecule has 0 atom stereocenters. The van der Waals surface area contributed by atoms with E-state index in [1.165, 1.54) is 19.3 Å². The Balaban J connectivity index is 1.99. The number of ether oxygens (including phenoxy) is 1. The smallest absolute Gasteiger partial charge is 0.252 e. The second-order valence-corrected chi connectivity index (χ2v) is 3.89. The van der Waals surface area contributed by atoms with Crippen LogP contribution in [0.5, 0.6) is 5.88 Å². The molecule has 0 aromatic carbocycles. The Bertz CT molecular complexity index is 300. The molecule has 0 radical (unpaired) electrons. The maximum atomic E-state index is 5.84. The largest absolute Gasteiger partial charge is 0.472 e. The third kappa shape index (κ3) is 2.35. The van der Waals surface area contributed by atoms with E-state index < -0.39 is 0 Å². The van der Waals surface area contributed by atoms with Crippen LogP contribution in [0.3, 0.4) is 0 Å². The molecule has 14 heavy (non-hydrogen) atoms. The van der Waals surface area contributed by atoms with Crippen LogP contribution < -0.4 is 4.74 Å². The molecule has 4 heteroatoms. The molecule has 0 saturated heterocycles. The van der Waals surface area contributed by atoms with Crippen molar-refractivity contribution in [2.24, 2.45) is 0 Å². The first-order chi connectivity index (χ1) is 6.86. The van der Waals surface area contributed by atoms with E-state index in [1.54, 1.807) is 12.4 Å². The molecule has 2 rings (SSSR count). The average molecular weight is 213 g/mol. The first-order valence-electron chi connectivity index (χ1n) is 4.99. The molecule has 1 heterocycles. The van der Waals surface area contributed by atoms with E-state index in [0.29, 0.717) is 11.0 Å². The van der Waals surface area contributed by atoms with Crippen molar-refractivity contribution >= 4 is 11.6 Å². The van der Waals surface area contributed by atoms with Crippen LogP contribution >= 0.6 is 11.6 Å². The highest BCUT2D eigenvalue weighted by molar-refractivity contribution is 6.30. The summed E-state index contributed by atoms with van der Waals surface area (Å²) in [5.74, 6) is 0.473. The standard InChI is InChI=1S/C10H13ClN2O/c11-9-10(13-7-6-12-9)14-8-4-2-1-3-5-8/h6-8H,1-5H2. The number of hydrogen-bond donors (Lipinski definition) is 0. The number of aromatic nitrogens is 2. The van der Waals surface area contributed by atoms with Crippen molar-refractivity contribution in [2.75, 3.05) is 0 Å². The minimum Gasteiger partial charge on any atom is -0.472 e. The number of nitrogens with zero attached hydrogens (tertiary/aromatic N) is 2. The van der Waals surface area contributed by atoms with E-state index in [1.807, 2.05) is 0 Å².